The SMILES string of the molecule is CCOc1cc(Br)c(/C=N\Nc2ncccc2[N+](=O)[O-])cc1OC. The van der Waals surface area contributed by atoms with Crippen molar-refractivity contribution in [3.8, 4) is 11.5 Å². The zero-order valence-corrected chi connectivity index (χ0v) is 14.6. The molecule has 1 aromatic heterocycles. The Bertz CT molecular complexity index is 767. The molecule has 0 aliphatic carbocycles. The minimum Gasteiger partial charge on any atom is -0.493 e. The van der Waals surface area contributed by atoms with Crippen molar-refractivity contribution >= 4 is 33.6 Å². The Kier molecular flexibility index (Phi) is 6.07. The van der Waals surface area contributed by atoms with Gasteiger partial charge in [0.1, 0.15) is 0 Å². The molecular formula is C15H15BrN4O4. The van der Waals surface area contributed by atoms with Crippen LogP contribution in [0.2, 0.25) is 0 Å². The first kappa shape index (κ1) is 17.7. The number of aromatic nitrogens is 1. The summed E-state index contributed by atoms with van der Waals surface area (Å²) < 4.78 is 11.5. The van der Waals surface area contributed by atoms with E-state index in [9.17, 15) is 10.1 Å². The summed E-state index contributed by atoms with van der Waals surface area (Å²) in [7, 11) is 1.54. The van der Waals surface area contributed by atoms with Gasteiger partial charge in [-0.3, -0.25) is 15.5 Å². The number of hydrogen-bond donors (Lipinski definition) is 1. The van der Waals surface area contributed by atoms with Gasteiger partial charge in [0.25, 0.3) is 0 Å². The van der Waals surface area contributed by atoms with Gasteiger partial charge in [-0.05, 0) is 41.1 Å². The Morgan fingerprint density at radius 3 is 2.92 bits per heavy atom. The van der Waals surface area contributed by atoms with E-state index in [4.69, 9.17) is 9.47 Å². The second-order valence-corrected chi connectivity index (χ2v) is 5.31. The standard InChI is InChI=1S/C15H15BrN4O4/c1-3-24-14-8-11(16)10(7-13(14)23-2)9-18-19-15-12(20(21)22)5-4-6-17-15/h4-9H,3H2,1-2H3,(H,17,19)/b18-9-. The van der Waals surface area contributed by atoms with Gasteiger partial charge >= 0.3 is 5.69 Å². The highest BCUT2D eigenvalue weighted by molar-refractivity contribution is 9.10. The van der Waals surface area contributed by atoms with Gasteiger partial charge in [0.15, 0.2) is 11.5 Å². The topological polar surface area (TPSA) is 98.9 Å². The van der Waals surface area contributed by atoms with Crippen molar-refractivity contribution in [1.29, 1.82) is 0 Å². The van der Waals surface area contributed by atoms with Crippen molar-refractivity contribution in [3.63, 3.8) is 0 Å². The molecule has 1 heterocycles. The summed E-state index contributed by atoms with van der Waals surface area (Å²) in [6.07, 6.45) is 2.95. The summed E-state index contributed by atoms with van der Waals surface area (Å²) in [5, 5.41) is 14.9. The lowest BCUT2D eigenvalue weighted by Crippen LogP contribution is -2.00. The van der Waals surface area contributed by atoms with Crippen molar-refractivity contribution in [2.75, 3.05) is 19.1 Å². The third-order valence-corrected chi connectivity index (χ3v) is 3.63. The van der Waals surface area contributed by atoms with Gasteiger partial charge < -0.3 is 9.47 Å². The predicted octanol–water partition coefficient (Wildman–Crippen LogP) is 3.61. The van der Waals surface area contributed by atoms with E-state index in [0.29, 0.717) is 23.7 Å². The molecule has 0 fully saturated rings. The molecule has 0 bridgehead atoms. The summed E-state index contributed by atoms with van der Waals surface area (Å²) in [6, 6.07) is 6.35. The van der Waals surface area contributed by atoms with E-state index >= 15 is 0 Å². The number of nitro groups is 1. The molecule has 0 saturated heterocycles. The Balaban J connectivity index is 2.22. The van der Waals surface area contributed by atoms with Crippen molar-refractivity contribution in [3.05, 3.63) is 50.6 Å². The van der Waals surface area contributed by atoms with E-state index in [1.54, 1.807) is 19.2 Å². The first-order valence-electron chi connectivity index (χ1n) is 6.95. The maximum atomic E-state index is 10.9. The molecule has 0 aliphatic heterocycles. The van der Waals surface area contributed by atoms with E-state index in [1.807, 2.05) is 6.92 Å². The van der Waals surface area contributed by atoms with E-state index in [1.165, 1.54) is 24.5 Å². The molecule has 126 valence electrons. The summed E-state index contributed by atoms with van der Waals surface area (Å²) in [6.45, 7) is 2.40. The number of hydrogen-bond acceptors (Lipinski definition) is 7. The molecule has 24 heavy (non-hydrogen) atoms. The number of rotatable bonds is 7. The van der Waals surface area contributed by atoms with Gasteiger partial charge in [-0.2, -0.15) is 5.10 Å². The molecule has 0 amide bonds. The van der Waals surface area contributed by atoms with Gasteiger partial charge in [-0.15, -0.1) is 0 Å². The molecule has 1 N–H and O–H groups in total. The predicted molar refractivity (Wildman–Crippen MR) is 94.0 cm³/mol. The highest BCUT2D eigenvalue weighted by atomic mass is 79.9. The van der Waals surface area contributed by atoms with Crippen molar-refractivity contribution in [2.24, 2.45) is 5.10 Å². The number of benzene rings is 1. The van der Waals surface area contributed by atoms with Gasteiger partial charge in [0, 0.05) is 22.3 Å². The average molecular weight is 395 g/mol. The van der Waals surface area contributed by atoms with Crippen LogP contribution in [0.5, 0.6) is 11.5 Å². The molecule has 0 aliphatic rings. The average Bonchev–Trinajstić information content (AvgIpc) is 2.57. The largest absolute Gasteiger partial charge is 0.493 e. The van der Waals surface area contributed by atoms with Crippen LogP contribution >= 0.6 is 15.9 Å². The first-order chi connectivity index (χ1) is 11.6. The number of ether oxygens (including phenoxy) is 2. The number of halogens is 1. The summed E-state index contributed by atoms with van der Waals surface area (Å²) in [5.41, 5.74) is 3.13. The summed E-state index contributed by atoms with van der Waals surface area (Å²) in [4.78, 5) is 14.3. The molecule has 8 nitrogen and oxygen atoms in total. The first-order valence-corrected chi connectivity index (χ1v) is 7.75. The summed E-state index contributed by atoms with van der Waals surface area (Å²) >= 11 is 3.43. The molecule has 2 aromatic rings. The molecule has 0 atom stereocenters. The lowest BCUT2D eigenvalue weighted by molar-refractivity contribution is -0.384. The zero-order chi connectivity index (χ0) is 17.5. The van der Waals surface area contributed by atoms with Gasteiger partial charge in [0.2, 0.25) is 5.82 Å². The highest BCUT2D eigenvalue weighted by Gasteiger charge is 2.13. The van der Waals surface area contributed by atoms with Crippen LogP contribution in [0.3, 0.4) is 0 Å². The second kappa shape index (κ2) is 8.25. The monoisotopic (exact) mass is 394 g/mol. The van der Waals surface area contributed by atoms with Crippen molar-refractivity contribution in [1.82, 2.24) is 4.98 Å². The quantitative estimate of drug-likeness (QED) is 0.437. The zero-order valence-electron chi connectivity index (χ0n) is 13.0. The fourth-order valence-electron chi connectivity index (χ4n) is 1.87. The van der Waals surface area contributed by atoms with E-state index in [0.717, 1.165) is 4.47 Å². The number of nitrogens with one attached hydrogen (secondary N) is 1. The molecule has 1 aromatic carbocycles. The maximum Gasteiger partial charge on any atom is 0.313 e. The Morgan fingerprint density at radius 2 is 2.25 bits per heavy atom. The highest BCUT2D eigenvalue weighted by Crippen LogP contribution is 2.33. The third kappa shape index (κ3) is 4.19. The number of anilines is 1. The van der Waals surface area contributed by atoms with E-state index < -0.39 is 4.92 Å². The molecular weight excluding hydrogens is 380 g/mol. The number of methoxy groups -OCH3 is 1. The van der Waals surface area contributed by atoms with Crippen LogP contribution in [0.25, 0.3) is 0 Å². The Morgan fingerprint density at radius 1 is 1.46 bits per heavy atom. The van der Waals surface area contributed by atoms with E-state index in [-0.39, 0.29) is 11.5 Å². The van der Waals surface area contributed by atoms with Crippen LogP contribution in [0.4, 0.5) is 11.5 Å². The van der Waals surface area contributed by atoms with Gasteiger partial charge in [0.05, 0.1) is 24.9 Å². The number of nitrogens with zero attached hydrogens (tertiary/aromatic N) is 3. The number of hydrazone groups is 1. The van der Waals surface area contributed by atoms with Crippen molar-refractivity contribution in [2.45, 2.75) is 6.92 Å². The fourth-order valence-corrected chi connectivity index (χ4v) is 2.30. The third-order valence-electron chi connectivity index (χ3n) is 2.94. The van der Waals surface area contributed by atoms with Crippen LogP contribution in [-0.4, -0.2) is 29.8 Å². The molecule has 0 radical (unpaired) electrons. The number of pyridine rings is 1. The van der Waals surface area contributed by atoms with Crippen LogP contribution in [0.1, 0.15) is 12.5 Å². The van der Waals surface area contributed by atoms with Gasteiger partial charge in [-0.1, -0.05) is 0 Å². The maximum absolute atomic E-state index is 10.9. The second-order valence-electron chi connectivity index (χ2n) is 4.46. The van der Waals surface area contributed by atoms with Gasteiger partial charge in [-0.25, -0.2) is 4.98 Å². The minimum absolute atomic E-state index is 0.0628. The lowest BCUT2D eigenvalue weighted by atomic mass is 10.2. The van der Waals surface area contributed by atoms with Crippen LogP contribution in [0.15, 0.2) is 40.0 Å². The minimum atomic E-state index is -0.527. The summed E-state index contributed by atoms with van der Waals surface area (Å²) in [5.74, 6) is 1.23. The molecule has 0 unspecified atom stereocenters. The normalized spacial score (nSPS) is 10.6. The van der Waals surface area contributed by atoms with Crippen molar-refractivity contribution < 1.29 is 14.4 Å². The van der Waals surface area contributed by atoms with Crippen LogP contribution in [0, 0.1) is 10.1 Å². The molecule has 9 heteroatoms. The Hall–Kier alpha value is -2.68. The lowest BCUT2D eigenvalue weighted by Gasteiger charge is -2.11. The van der Waals surface area contributed by atoms with E-state index in [2.05, 4.69) is 31.4 Å². The van der Waals surface area contributed by atoms with Crippen LogP contribution in [-0.2, 0) is 0 Å². The fraction of sp³-hybridized carbons (Fsp3) is 0.200. The van der Waals surface area contributed by atoms with Crippen LogP contribution < -0.4 is 14.9 Å². The smallest absolute Gasteiger partial charge is 0.313 e. The molecule has 0 spiro atoms. The Labute approximate surface area is 146 Å². The molecule has 0 saturated carbocycles. The molecule has 2 rings (SSSR count).